The number of hydrogen-bond donors (Lipinski definition) is 2. The van der Waals surface area contributed by atoms with Crippen molar-refractivity contribution < 1.29 is 19.5 Å². The smallest absolute Gasteiger partial charge is 0.423 e. The van der Waals surface area contributed by atoms with Crippen LogP contribution in [0.15, 0.2) is 24.3 Å². The molecule has 122 valence electrons. The van der Waals surface area contributed by atoms with E-state index in [0.29, 0.717) is 18.7 Å². The summed E-state index contributed by atoms with van der Waals surface area (Å²) in [5, 5.41) is 20.7. The number of ether oxygens (including phenoxy) is 1. The van der Waals surface area contributed by atoms with Gasteiger partial charge in [0.2, 0.25) is 0 Å². The summed E-state index contributed by atoms with van der Waals surface area (Å²) in [6, 6.07) is 7.66. The fourth-order valence-electron chi connectivity index (χ4n) is 2.28. The summed E-state index contributed by atoms with van der Waals surface area (Å²) in [7, 11) is -1.10. The Bertz CT molecular complexity index is 495. The monoisotopic (exact) mass is 307 g/mol. The highest BCUT2D eigenvalue weighted by atomic mass is 16.5. The van der Waals surface area contributed by atoms with E-state index < -0.39 is 18.3 Å². The third-order valence-corrected chi connectivity index (χ3v) is 4.43. The summed E-state index contributed by atoms with van der Waals surface area (Å²) in [5.41, 5.74) is -0.293. The van der Waals surface area contributed by atoms with E-state index in [1.807, 2.05) is 24.3 Å². The molecule has 1 aliphatic rings. The average molecular weight is 307 g/mol. The Kier molecular flexibility index (Phi) is 5.17. The first-order valence-corrected chi connectivity index (χ1v) is 7.72. The van der Waals surface area contributed by atoms with E-state index in [-0.39, 0.29) is 0 Å². The van der Waals surface area contributed by atoms with Gasteiger partial charge in [-0.1, -0.05) is 18.2 Å². The molecule has 0 unspecified atom stereocenters. The number of aliphatic hydroxyl groups is 1. The summed E-state index contributed by atoms with van der Waals surface area (Å²) >= 11 is 0. The number of para-hydroxylation sites is 1. The van der Waals surface area contributed by atoms with Crippen molar-refractivity contribution in [3.63, 3.8) is 0 Å². The Labute approximate surface area is 133 Å². The summed E-state index contributed by atoms with van der Waals surface area (Å²) in [4.78, 5) is 2.18. The van der Waals surface area contributed by atoms with Crippen molar-refractivity contribution in [2.45, 2.75) is 38.9 Å². The lowest BCUT2D eigenvalue weighted by molar-refractivity contribution is -0.0982. The minimum atomic E-state index is -1.10. The highest BCUT2D eigenvalue weighted by Gasteiger charge is 2.40. The van der Waals surface area contributed by atoms with Gasteiger partial charge in [-0.3, -0.25) is 0 Å². The van der Waals surface area contributed by atoms with Crippen molar-refractivity contribution in [1.82, 2.24) is 0 Å². The molecule has 0 aromatic heterocycles. The fourth-order valence-corrected chi connectivity index (χ4v) is 2.28. The van der Waals surface area contributed by atoms with Gasteiger partial charge in [-0.15, -0.1) is 0 Å². The van der Waals surface area contributed by atoms with E-state index in [1.54, 1.807) is 27.7 Å². The zero-order valence-corrected chi connectivity index (χ0v) is 13.9. The molecule has 6 heteroatoms. The Balaban J connectivity index is 2.21. The van der Waals surface area contributed by atoms with Gasteiger partial charge in [-0.05, 0) is 33.8 Å². The zero-order chi connectivity index (χ0) is 16.4. The van der Waals surface area contributed by atoms with E-state index in [4.69, 9.17) is 9.39 Å². The predicted molar refractivity (Wildman–Crippen MR) is 88.5 cm³/mol. The fraction of sp³-hybridized carbons (Fsp3) is 0.625. The summed E-state index contributed by atoms with van der Waals surface area (Å²) in [6.45, 7) is 9.83. The van der Waals surface area contributed by atoms with Gasteiger partial charge in [0.15, 0.2) is 0 Å². The van der Waals surface area contributed by atoms with Gasteiger partial charge in [-0.25, -0.2) is 0 Å². The van der Waals surface area contributed by atoms with E-state index in [1.165, 1.54) is 0 Å². The van der Waals surface area contributed by atoms with E-state index >= 15 is 0 Å². The number of rotatable bonds is 5. The van der Waals surface area contributed by atoms with Crippen LogP contribution in [0.2, 0.25) is 0 Å². The highest BCUT2D eigenvalue weighted by molar-refractivity contribution is 6.62. The molecule has 1 aliphatic heterocycles. The molecular weight excluding hydrogens is 281 g/mol. The van der Waals surface area contributed by atoms with Crippen molar-refractivity contribution >= 4 is 18.3 Å². The van der Waals surface area contributed by atoms with E-state index in [0.717, 1.165) is 18.8 Å². The number of hydrogen-bond acceptors (Lipinski definition) is 5. The maximum atomic E-state index is 10.5. The van der Waals surface area contributed by atoms with Gasteiger partial charge < -0.3 is 24.4 Å². The SMILES string of the molecule is CC(C)(O)C(C)(C)OB(O)c1ccccc1N1CCOCC1. The number of benzene rings is 1. The standard InChI is InChI=1S/C16H26BNO4/c1-15(2,19)16(3,4)22-17(20)13-7-5-6-8-14(13)18-9-11-21-12-10-18/h5-8,19-20H,9-12H2,1-4H3. The molecule has 0 amide bonds. The third kappa shape index (κ3) is 3.81. The lowest BCUT2D eigenvalue weighted by Gasteiger charge is -2.39. The molecule has 1 heterocycles. The van der Waals surface area contributed by atoms with E-state index in [2.05, 4.69) is 4.90 Å². The quantitative estimate of drug-likeness (QED) is 0.787. The first-order valence-electron chi connectivity index (χ1n) is 7.72. The third-order valence-electron chi connectivity index (χ3n) is 4.43. The maximum absolute atomic E-state index is 10.5. The maximum Gasteiger partial charge on any atom is 0.493 e. The first kappa shape index (κ1) is 17.3. The van der Waals surface area contributed by atoms with Crippen LogP contribution in [0.4, 0.5) is 5.69 Å². The van der Waals surface area contributed by atoms with Crippen LogP contribution < -0.4 is 10.4 Å². The molecule has 1 saturated heterocycles. The minimum Gasteiger partial charge on any atom is -0.423 e. The molecule has 22 heavy (non-hydrogen) atoms. The van der Waals surface area contributed by atoms with Crippen molar-refractivity contribution in [2.75, 3.05) is 31.2 Å². The zero-order valence-electron chi connectivity index (χ0n) is 13.9. The van der Waals surface area contributed by atoms with Gasteiger partial charge in [0.25, 0.3) is 0 Å². The molecule has 0 radical (unpaired) electrons. The second kappa shape index (κ2) is 6.58. The van der Waals surface area contributed by atoms with Crippen LogP contribution in [0.3, 0.4) is 0 Å². The average Bonchev–Trinajstić information content (AvgIpc) is 2.46. The van der Waals surface area contributed by atoms with Crippen LogP contribution >= 0.6 is 0 Å². The van der Waals surface area contributed by atoms with Crippen LogP contribution in [0.1, 0.15) is 27.7 Å². The molecule has 1 aromatic rings. The molecular formula is C16H26BNO4. The molecule has 2 rings (SSSR count). The van der Waals surface area contributed by atoms with Crippen molar-refractivity contribution in [3.8, 4) is 0 Å². The lowest BCUT2D eigenvalue weighted by Crippen LogP contribution is -2.54. The number of anilines is 1. The van der Waals surface area contributed by atoms with Gasteiger partial charge in [0, 0.05) is 24.2 Å². The molecule has 0 bridgehead atoms. The Morgan fingerprint density at radius 1 is 1.14 bits per heavy atom. The van der Waals surface area contributed by atoms with Crippen LogP contribution in [0, 0.1) is 0 Å². The minimum absolute atomic E-state index is 0.681. The summed E-state index contributed by atoms with van der Waals surface area (Å²) in [6.07, 6.45) is 0. The topological polar surface area (TPSA) is 62.2 Å². The lowest BCUT2D eigenvalue weighted by atomic mass is 9.75. The first-order chi connectivity index (χ1) is 10.2. The second-order valence-corrected chi connectivity index (χ2v) is 6.70. The number of morpholine rings is 1. The predicted octanol–water partition coefficient (Wildman–Crippen LogP) is 0.777. The van der Waals surface area contributed by atoms with Gasteiger partial charge in [-0.2, -0.15) is 0 Å². The molecule has 0 atom stereocenters. The van der Waals surface area contributed by atoms with E-state index in [9.17, 15) is 10.1 Å². The normalized spacial score (nSPS) is 16.7. The Hall–Kier alpha value is -1.08. The molecule has 2 N–H and O–H groups in total. The van der Waals surface area contributed by atoms with Crippen molar-refractivity contribution in [1.29, 1.82) is 0 Å². The largest absolute Gasteiger partial charge is 0.493 e. The summed E-state index contributed by atoms with van der Waals surface area (Å²) < 4.78 is 11.1. The molecule has 0 saturated carbocycles. The molecule has 1 aromatic carbocycles. The highest BCUT2D eigenvalue weighted by Crippen LogP contribution is 2.26. The van der Waals surface area contributed by atoms with Crippen molar-refractivity contribution in [2.24, 2.45) is 0 Å². The molecule has 5 nitrogen and oxygen atoms in total. The van der Waals surface area contributed by atoms with Crippen LogP contribution in [-0.4, -0.2) is 54.8 Å². The Morgan fingerprint density at radius 3 is 2.32 bits per heavy atom. The Morgan fingerprint density at radius 2 is 1.73 bits per heavy atom. The molecule has 1 fully saturated rings. The van der Waals surface area contributed by atoms with Crippen LogP contribution in [0.5, 0.6) is 0 Å². The second-order valence-electron chi connectivity index (χ2n) is 6.70. The van der Waals surface area contributed by atoms with Crippen LogP contribution in [0.25, 0.3) is 0 Å². The van der Waals surface area contributed by atoms with Gasteiger partial charge >= 0.3 is 7.12 Å². The van der Waals surface area contributed by atoms with Gasteiger partial charge in [0.05, 0.1) is 24.4 Å². The van der Waals surface area contributed by atoms with Crippen molar-refractivity contribution in [3.05, 3.63) is 24.3 Å². The molecule has 0 aliphatic carbocycles. The molecule has 0 spiro atoms. The number of nitrogens with zero attached hydrogens (tertiary/aromatic N) is 1. The van der Waals surface area contributed by atoms with Gasteiger partial charge in [0.1, 0.15) is 0 Å². The van der Waals surface area contributed by atoms with Crippen LogP contribution in [-0.2, 0) is 9.39 Å². The summed E-state index contributed by atoms with van der Waals surface area (Å²) in [5.74, 6) is 0.